The van der Waals surface area contributed by atoms with Gasteiger partial charge in [-0.1, -0.05) is 11.6 Å². The van der Waals surface area contributed by atoms with Crippen LogP contribution in [-0.2, 0) is 6.18 Å². The van der Waals surface area contributed by atoms with Crippen molar-refractivity contribution in [2.45, 2.75) is 6.18 Å². The number of anilines is 1. The fraction of sp³-hybridized carbons (Fsp3) is 0.0357. The number of H-pyrrole nitrogens is 1. The molecule has 0 aliphatic rings. The summed E-state index contributed by atoms with van der Waals surface area (Å²) in [4.78, 5) is 41.9. The first kappa shape index (κ1) is 26.0. The summed E-state index contributed by atoms with van der Waals surface area (Å²) in [5.74, 6) is 0.0524. The van der Waals surface area contributed by atoms with Crippen molar-refractivity contribution >= 4 is 45.3 Å². The van der Waals surface area contributed by atoms with Gasteiger partial charge in [-0.05, 0) is 60.7 Å². The van der Waals surface area contributed by atoms with Crippen LogP contribution in [0.2, 0.25) is 5.02 Å². The third-order valence-electron chi connectivity index (χ3n) is 6.19. The first-order chi connectivity index (χ1) is 19.7. The highest BCUT2D eigenvalue weighted by atomic mass is 35.5. The number of pyridine rings is 2. The summed E-state index contributed by atoms with van der Waals surface area (Å²) in [6.45, 7) is 0. The molecule has 13 heteroatoms. The number of fused-ring (bicyclic) bond motifs is 2. The quantitative estimate of drug-likeness (QED) is 0.246. The van der Waals surface area contributed by atoms with Gasteiger partial charge in [0.2, 0.25) is 11.3 Å². The molecule has 6 rings (SSSR count). The summed E-state index contributed by atoms with van der Waals surface area (Å²) in [6, 6.07) is 13.9. The number of nitrogens with one attached hydrogen (secondary N) is 2. The Morgan fingerprint density at radius 3 is 2.56 bits per heavy atom. The van der Waals surface area contributed by atoms with E-state index < -0.39 is 23.1 Å². The van der Waals surface area contributed by atoms with Crippen LogP contribution in [0.15, 0.2) is 90.4 Å². The number of aromatic nitrogens is 5. The molecule has 41 heavy (non-hydrogen) atoms. The molecule has 0 radical (unpaired) electrons. The highest BCUT2D eigenvalue weighted by molar-refractivity contribution is 6.32. The van der Waals surface area contributed by atoms with Crippen LogP contribution in [0.25, 0.3) is 27.8 Å². The Hall–Kier alpha value is -5.23. The molecule has 0 aliphatic heterocycles. The number of alkyl halides is 3. The largest absolute Gasteiger partial charge is 0.438 e. The van der Waals surface area contributed by atoms with Crippen LogP contribution in [-0.4, -0.2) is 30.4 Å². The van der Waals surface area contributed by atoms with E-state index in [-0.39, 0.29) is 27.3 Å². The molecular weight excluding hydrogens is 561 g/mol. The summed E-state index contributed by atoms with van der Waals surface area (Å²) in [5.41, 5.74) is -0.595. The average molecular weight is 577 g/mol. The van der Waals surface area contributed by atoms with E-state index in [1.165, 1.54) is 35.4 Å². The predicted octanol–water partition coefficient (Wildman–Crippen LogP) is 6.37. The van der Waals surface area contributed by atoms with E-state index in [4.69, 9.17) is 16.3 Å². The van der Waals surface area contributed by atoms with Crippen LogP contribution in [0, 0.1) is 0 Å². The van der Waals surface area contributed by atoms with E-state index in [0.717, 1.165) is 18.2 Å². The number of hydrogen-bond donors (Lipinski definition) is 2. The van der Waals surface area contributed by atoms with Crippen LogP contribution in [0.3, 0.4) is 0 Å². The lowest BCUT2D eigenvalue weighted by Gasteiger charge is -2.15. The number of rotatable bonds is 5. The van der Waals surface area contributed by atoms with Gasteiger partial charge in [0.1, 0.15) is 28.9 Å². The van der Waals surface area contributed by atoms with Gasteiger partial charge in [0.25, 0.3) is 5.91 Å². The van der Waals surface area contributed by atoms with Crippen LogP contribution >= 0.6 is 11.6 Å². The normalized spacial score (nSPS) is 11.6. The van der Waals surface area contributed by atoms with Crippen LogP contribution < -0.4 is 15.5 Å². The van der Waals surface area contributed by atoms with Crippen LogP contribution in [0.4, 0.5) is 18.9 Å². The summed E-state index contributed by atoms with van der Waals surface area (Å²) in [6.07, 6.45) is 1.11. The van der Waals surface area contributed by atoms with Gasteiger partial charge in [-0.15, -0.1) is 0 Å². The average Bonchev–Trinajstić information content (AvgIpc) is 3.44. The lowest BCUT2D eigenvalue weighted by atomic mass is 10.1. The number of amides is 1. The highest BCUT2D eigenvalue weighted by Crippen LogP contribution is 2.34. The van der Waals surface area contributed by atoms with Gasteiger partial charge in [-0.3, -0.25) is 14.2 Å². The molecule has 4 heterocycles. The first-order valence-corrected chi connectivity index (χ1v) is 12.3. The second kappa shape index (κ2) is 10.1. The van der Waals surface area contributed by atoms with Gasteiger partial charge in [0.05, 0.1) is 27.0 Å². The van der Waals surface area contributed by atoms with Crippen LogP contribution in [0.1, 0.15) is 15.9 Å². The van der Waals surface area contributed by atoms with Crippen LogP contribution in [0.5, 0.6) is 11.6 Å². The van der Waals surface area contributed by atoms with E-state index in [1.54, 1.807) is 36.5 Å². The summed E-state index contributed by atoms with van der Waals surface area (Å²) >= 11 is 6.22. The third kappa shape index (κ3) is 4.96. The first-order valence-electron chi connectivity index (χ1n) is 11.9. The Kier molecular flexibility index (Phi) is 6.39. The summed E-state index contributed by atoms with van der Waals surface area (Å²) in [5, 5.41) is 3.20. The molecule has 2 N–H and O–H groups in total. The van der Waals surface area contributed by atoms with E-state index in [9.17, 15) is 22.8 Å². The van der Waals surface area contributed by atoms with Crippen molar-refractivity contribution in [1.29, 1.82) is 0 Å². The van der Waals surface area contributed by atoms with Crippen molar-refractivity contribution < 1.29 is 22.7 Å². The smallest absolute Gasteiger partial charge is 0.416 e. The molecule has 0 saturated carbocycles. The number of ether oxygens (including phenoxy) is 1. The molecule has 0 fully saturated rings. The summed E-state index contributed by atoms with van der Waals surface area (Å²) in [7, 11) is 0. The lowest BCUT2D eigenvalue weighted by Crippen LogP contribution is -2.24. The minimum Gasteiger partial charge on any atom is -0.438 e. The van der Waals surface area contributed by atoms with Gasteiger partial charge >= 0.3 is 6.18 Å². The zero-order valence-electron chi connectivity index (χ0n) is 20.6. The van der Waals surface area contributed by atoms with Crippen molar-refractivity contribution in [3.05, 3.63) is 112 Å². The van der Waals surface area contributed by atoms with Crippen molar-refractivity contribution in [3.63, 3.8) is 0 Å². The van der Waals surface area contributed by atoms with Gasteiger partial charge in [-0.25, -0.2) is 15.0 Å². The van der Waals surface area contributed by atoms with Gasteiger partial charge < -0.3 is 15.0 Å². The third-order valence-corrected chi connectivity index (χ3v) is 6.49. The Bertz CT molecular complexity index is 2000. The topological polar surface area (TPSA) is 115 Å². The molecule has 0 bridgehead atoms. The van der Waals surface area contributed by atoms with Gasteiger partial charge in [-0.2, -0.15) is 13.2 Å². The Morgan fingerprint density at radius 1 is 1.00 bits per heavy atom. The number of carbonyl (C=O) groups is 1. The second-order valence-electron chi connectivity index (χ2n) is 8.78. The number of hydrogen-bond acceptors (Lipinski definition) is 6. The van der Waals surface area contributed by atoms with E-state index in [2.05, 4.69) is 25.3 Å². The van der Waals surface area contributed by atoms with Crippen molar-refractivity contribution in [3.8, 4) is 17.3 Å². The SMILES string of the molecule is O=C(Nc1ccc(Oc2ncnc3[nH]ccc23)cc1)c1cn(-c2ccc(C(F)(F)F)cc2Cl)c2ncccc2c1=O. The zero-order valence-corrected chi connectivity index (χ0v) is 21.4. The number of halogens is 4. The minimum atomic E-state index is -4.60. The standard InChI is InChI=1S/C28H16ClF3N6O3/c29-21-12-15(28(30,31)32)3-8-22(21)38-13-20(23(39)18-2-1-10-34-25(18)38)26(40)37-16-4-6-17(7-5-16)41-27-19-9-11-33-24(19)35-14-36-27/h1-14H,(H,37,40)(H,33,35,36). The predicted molar refractivity (Wildman–Crippen MR) is 146 cm³/mol. The summed E-state index contributed by atoms with van der Waals surface area (Å²) < 4.78 is 46.7. The maximum atomic E-state index is 13.2. The lowest BCUT2D eigenvalue weighted by molar-refractivity contribution is -0.137. The molecule has 1 amide bonds. The fourth-order valence-electron chi connectivity index (χ4n) is 4.23. The van der Waals surface area contributed by atoms with E-state index >= 15 is 0 Å². The van der Waals surface area contributed by atoms with Gasteiger partial charge in [0.15, 0.2) is 0 Å². The molecule has 0 aliphatic carbocycles. The minimum absolute atomic E-state index is 0.0841. The Balaban J connectivity index is 1.31. The molecule has 204 valence electrons. The van der Waals surface area contributed by atoms with E-state index in [1.807, 2.05) is 0 Å². The molecule has 0 unspecified atom stereocenters. The number of aromatic amines is 1. The monoisotopic (exact) mass is 576 g/mol. The fourth-order valence-corrected chi connectivity index (χ4v) is 4.50. The highest BCUT2D eigenvalue weighted by Gasteiger charge is 2.31. The van der Waals surface area contributed by atoms with Crippen molar-refractivity contribution in [2.24, 2.45) is 0 Å². The Morgan fingerprint density at radius 2 is 1.80 bits per heavy atom. The zero-order chi connectivity index (χ0) is 28.7. The molecule has 0 saturated heterocycles. The Labute approximate surface area is 233 Å². The maximum absolute atomic E-state index is 13.2. The molecule has 9 nitrogen and oxygen atoms in total. The molecule has 0 spiro atoms. The van der Waals surface area contributed by atoms with Crippen molar-refractivity contribution in [1.82, 2.24) is 24.5 Å². The molecule has 6 aromatic rings. The number of carbonyl (C=O) groups excluding carboxylic acids is 1. The molecule has 0 atom stereocenters. The second-order valence-corrected chi connectivity index (χ2v) is 9.19. The van der Waals surface area contributed by atoms with Crippen molar-refractivity contribution in [2.75, 3.05) is 5.32 Å². The molecular formula is C28H16ClF3N6O3. The number of nitrogens with zero attached hydrogens (tertiary/aromatic N) is 4. The van der Waals surface area contributed by atoms with E-state index in [0.29, 0.717) is 28.4 Å². The molecule has 4 aromatic heterocycles. The maximum Gasteiger partial charge on any atom is 0.416 e. The molecule has 2 aromatic carbocycles. The van der Waals surface area contributed by atoms with Gasteiger partial charge in [0, 0.05) is 24.3 Å². The number of benzene rings is 2.